The average Bonchev–Trinajstić information content (AvgIpc) is 2.47. The van der Waals surface area contributed by atoms with Crippen LogP contribution in [0.3, 0.4) is 0 Å². The molecule has 0 spiro atoms. The smallest absolute Gasteiger partial charge is 0.127 e. The van der Waals surface area contributed by atoms with E-state index < -0.39 is 11.0 Å². The second kappa shape index (κ2) is 5.21. The number of piperidine rings is 1. The van der Waals surface area contributed by atoms with Gasteiger partial charge in [0.05, 0.1) is 4.90 Å². The molecule has 1 aliphatic heterocycles. The van der Waals surface area contributed by atoms with Crippen molar-refractivity contribution < 1.29 is 4.21 Å². The van der Waals surface area contributed by atoms with Gasteiger partial charge in [-0.25, -0.2) is 8.51 Å². The van der Waals surface area contributed by atoms with Crippen LogP contribution >= 0.6 is 0 Å². The summed E-state index contributed by atoms with van der Waals surface area (Å²) < 4.78 is 14.6. The van der Waals surface area contributed by atoms with Gasteiger partial charge in [-0.05, 0) is 35.7 Å². The molecule has 2 nitrogen and oxygen atoms in total. The van der Waals surface area contributed by atoms with Crippen LogP contribution in [0.5, 0.6) is 0 Å². The Labute approximate surface area is 110 Å². The summed E-state index contributed by atoms with van der Waals surface area (Å²) in [5.74, 6) is 0. The summed E-state index contributed by atoms with van der Waals surface area (Å²) in [6.45, 7) is 1.92. The molecule has 1 heterocycles. The van der Waals surface area contributed by atoms with Crippen LogP contribution in [-0.2, 0) is 11.0 Å². The maximum absolute atomic E-state index is 12.5. The van der Waals surface area contributed by atoms with Crippen LogP contribution < -0.4 is 0 Å². The van der Waals surface area contributed by atoms with Crippen LogP contribution in [0, 0.1) is 0 Å². The maximum atomic E-state index is 12.5. The Hall–Kier alpha value is -1.19. The highest BCUT2D eigenvalue weighted by atomic mass is 32.2. The Morgan fingerprint density at radius 2 is 1.61 bits per heavy atom. The number of hydrogen-bond acceptors (Lipinski definition) is 1. The minimum atomic E-state index is -0.993. The first-order chi connectivity index (χ1) is 8.84. The van der Waals surface area contributed by atoms with Crippen LogP contribution in [0.15, 0.2) is 47.4 Å². The molecular formula is C15H17NOS. The van der Waals surface area contributed by atoms with Crippen LogP contribution in [0.1, 0.15) is 19.3 Å². The van der Waals surface area contributed by atoms with E-state index in [2.05, 4.69) is 28.6 Å². The van der Waals surface area contributed by atoms with Crippen molar-refractivity contribution in [3.63, 3.8) is 0 Å². The molecule has 1 aliphatic rings. The second-order valence-electron chi connectivity index (χ2n) is 4.75. The molecule has 18 heavy (non-hydrogen) atoms. The first-order valence-corrected chi connectivity index (χ1v) is 7.61. The zero-order chi connectivity index (χ0) is 12.4. The molecule has 0 radical (unpaired) electrons. The predicted octanol–water partition coefficient (Wildman–Crippen LogP) is 3.35. The minimum Gasteiger partial charge on any atom is -0.237 e. The van der Waals surface area contributed by atoms with Gasteiger partial charge in [0, 0.05) is 13.1 Å². The zero-order valence-corrected chi connectivity index (χ0v) is 11.2. The topological polar surface area (TPSA) is 20.3 Å². The molecule has 0 unspecified atom stereocenters. The Morgan fingerprint density at radius 3 is 2.39 bits per heavy atom. The van der Waals surface area contributed by atoms with Crippen LogP contribution in [0.2, 0.25) is 0 Å². The van der Waals surface area contributed by atoms with E-state index in [1.54, 1.807) is 0 Å². The van der Waals surface area contributed by atoms with Crippen molar-refractivity contribution in [2.45, 2.75) is 24.2 Å². The normalized spacial score (nSPS) is 18.9. The summed E-state index contributed by atoms with van der Waals surface area (Å²) in [4.78, 5) is 0.926. The van der Waals surface area contributed by atoms with E-state index in [4.69, 9.17) is 0 Å². The number of fused-ring (bicyclic) bond motifs is 1. The van der Waals surface area contributed by atoms with Gasteiger partial charge in [0.2, 0.25) is 0 Å². The summed E-state index contributed by atoms with van der Waals surface area (Å²) in [6, 6.07) is 14.3. The summed E-state index contributed by atoms with van der Waals surface area (Å²) in [5.41, 5.74) is 0. The Balaban J connectivity index is 1.91. The van der Waals surface area contributed by atoms with Gasteiger partial charge >= 0.3 is 0 Å². The molecule has 2 aromatic carbocycles. The molecule has 0 aromatic heterocycles. The van der Waals surface area contributed by atoms with Gasteiger partial charge < -0.3 is 0 Å². The molecule has 0 N–H and O–H groups in total. The number of nitrogens with zero attached hydrogens (tertiary/aromatic N) is 1. The van der Waals surface area contributed by atoms with E-state index in [0.29, 0.717) is 0 Å². The second-order valence-corrected chi connectivity index (χ2v) is 6.23. The third kappa shape index (κ3) is 2.33. The lowest BCUT2D eigenvalue weighted by atomic mass is 10.1. The minimum absolute atomic E-state index is 0.926. The molecule has 1 fully saturated rings. The molecule has 1 atom stereocenters. The highest BCUT2D eigenvalue weighted by Gasteiger charge is 2.17. The van der Waals surface area contributed by atoms with Gasteiger partial charge in [-0.3, -0.25) is 0 Å². The van der Waals surface area contributed by atoms with E-state index in [1.165, 1.54) is 30.0 Å². The quantitative estimate of drug-likeness (QED) is 0.810. The summed E-state index contributed by atoms with van der Waals surface area (Å²) in [7, 11) is -0.993. The Bertz CT molecular complexity index is 575. The number of rotatable bonds is 2. The van der Waals surface area contributed by atoms with Gasteiger partial charge in [0.25, 0.3) is 0 Å². The van der Waals surface area contributed by atoms with Crippen molar-refractivity contribution in [1.29, 1.82) is 0 Å². The van der Waals surface area contributed by atoms with Crippen molar-refractivity contribution in [2.24, 2.45) is 0 Å². The fourth-order valence-corrected chi connectivity index (χ4v) is 3.76. The van der Waals surface area contributed by atoms with Crippen molar-refractivity contribution in [2.75, 3.05) is 13.1 Å². The van der Waals surface area contributed by atoms with Crippen molar-refractivity contribution >= 4 is 21.8 Å². The van der Waals surface area contributed by atoms with E-state index in [9.17, 15) is 4.21 Å². The van der Waals surface area contributed by atoms with Crippen molar-refractivity contribution in [1.82, 2.24) is 4.31 Å². The average molecular weight is 259 g/mol. The summed E-state index contributed by atoms with van der Waals surface area (Å²) in [5, 5.41) is 2.37. The molecule has 0 aliphatic carbocycles. The lowest BCUT2D eigenvalue weighted by Gasteiger charge is -2.25. The summed E-state index contributed by atoms with van der Waals surface area (Å²) in [6.07, 6.45) is 3.60. The molecule has 1 saturated heterocycles. The van der Waals surface area contributed by atoms with Crippen LogP contribution in [-0.4, -0.2) is 21.6 Å². The Kier molecular flexibility index (Phi) is 3.43. The van der Waals surface area contributed by atoms with Gasteiger partial charge in [-0.1, -0.05) is 36.8 Å². The molecule has 3 rings (SSSR count). The molecule has 0 bridgehead atoms. The van der Waals surface area contributed by atoms with Crippen molar-refractivity contribution in [3.05, 3.63) is 42.5 Å². The van der Waals surface area contributed by atoms with E-state index in [1.807, 2.05) is 18.2 Å². The Morgan fingerprint density at radius 1 is 0.889 bits per heavy atom. The fraction of sp³-hybridized carbons (Fsp3) is 0.333. The van der Waals surface area contributed by atoms with Gasteiger partial charge in [0.15, 0.2) is 0 Å². The maximum Gasteiger partial charge on any atom is 0.127 e. The van der Waals surface area contributed by atoms with Gasteiger partial charge in [-0.15, -0.1) is 0 Å². The lowest BCUT2D eigenvalue weighted by Crippen LogP contribution is -2.31. The summed E-state index contributed by atoms with van der Waals surface area (Å²) >= 11 is 0. The number of hydrogen-bond donors (Lipinski definition) is 0. The van der Waals surface area contributed by atoms with Gasteiger partial charge in [-0.2, -0.15) is 0 Å². The van der Waals surface area contributed by atoms with Crippen LogP contribution in [0.4, 0.5) is 0 Å². The van der Waals surface area contributed by atoms with E-state index in [0.717, 1.165) is 18.0 Å². The first-order valence-electron chi connectivity index (χ1n) is 6.50. The molecule has 0 saturated carbocycles. The SMILES string of the molecule is O=[S@](c1ccc2ccccc2c1)N1CCCCC1. The predicted molar refractivity (Wildman–Crippen MR) is 75.8 cm³/mol. The van der Waals surface area contributed by atoms with E-state index >= 15 is 0 Å². The lowest BCUT2D eigenvalue weighted by molar-refractivity contribution is 0.365. The highest BCUT2D eigenvalue weighted by molar-refractivity contribution is 7.82. The third-order valence-electron chi connectivity index (χ3n) is 3.47. The molecule has 0 amide bonds. The monoisotopic (exact) mass is 259 g/mol. The fourth-order valence-electron chi connectivity index (χ4n) is 2.46. The highest BCUT2D eigenvalue weighted by Crippen LogP contribution is 2.21. The largest absolute Gasteiger partial charge is 0.237 e. The van der Waals surface area contributed by atoms with Crippen molar-refractivity contribution in [3.8, 4) is 0 Å². The molecule has 3 heteroatoms. The van der Waals surface area contributed by atoms with Gasteiger partial charge in [0.1, 0.15) is 11.0 Å². The van der Waals surface area contributed by atoms with Crippen LogP contribution in [0.25, 0.3) is 10.8 Å². The molecule has 2 aromatic rings. The number of benzene rings is 2. The third-order valence-corrected chi connectivity index (χ3v) is 4.96. The standard InChI is InChI=1S/C15H17NOS/c17-18(16-10-4-1-5-11-16)15-9-8-13-6-2-3-7-14(13)12-15/h2-3,6-9,12H,1,4-5,10-11H2/t18-/m1/s1. The molecule has 94 valence electrons. The molecular weight excluding hydrogens is 242 g/mol. The zero-order valence-electron chi connectivity index (χ0n) is 10.3. The first kappa shape index (κ1) is 11.9. The van der Waals surface area contributed by atoms with E-state index in [-0.39, 0.29) is 0 Å².